The molecule has 0 bridgehead atoms. The van der Waals surface area contributed by atoms with Crippen molar-refractivity contribution < 1.29 is 23.5 Å². The second-order valence-corrected chi connectivity index (χ2v) is 3.74. The third-order valence-corrected chi connectivity index (χ3v) is 2.71. The van der Waals surface area contributed by atoms with Crippen LogP contribution in [0.2, 0.25) is 0 Å². The number of halogens is 2. The molecule has 1 amide bonds. The Labute approximate surface area is 95.5 Å². The van der Waals surface area contributed by atoms with Gasteiger partial charge in [-0.15, -0.1) is 0 Å². The van der Waals surface area contributed by atoms with Crippen LogP contribution in [0.1, 0.15) is 6.42 Å². The summed E-state index contributed by atoms with van der Waals surface area (Å²) in [7, 11) is 0. The lowest BCUT2D eigenvalue weighted by Gasteiger charge is -2.17. The summed E-state index contributed by atoms with van der Waals surface area (Å²) in [4.78, 5) is 23.2. The maximum atomic E-state index is 13.4. The van der Waals surface area contributed by atoms with Gasteiger partial charge >= 0.3 is 5.97 Å². The Balaban J connectivity index is 2.37. The van der Waals surface area contributed by atoms with Gasteiger partial charge in [0, 0.05) is 6.54 Å². The summed E-state index contributed by atoms with van der Waals surface area (Å²) in [5, 5.41) is 8.75. The molecule has 1 heterocycles. The van der Waals surface area contributed by atoms with Crippen molar-refractivity contribution in [2.24, 2.45) is 5.92 Å². The first-order valence-corrected chi connectivity index (χ1v) is 5.00. The first kappa shape index (κ1) is 11.5. The Kier molecular flexibility index (Phi) is 2.79. The predicted molar refractivity (Wildman–Crippen MR) is 54.5 cm³/mol. The van der Waals surface area contributed by atoms with Crippen molar-refractivity contribution >= 4 is 17.6 Å². The minimum absolute atomic E-state index is 0.00759. The fraction of sp³-hybridized carbons (Fsp3) is 0.273. The van der Waals surface area contributed by atoms with E-state index in [0.717, 1.165) is 17.0 Å². The maximum absolute atomic E-state index is 13.4. The lowest BCUT2D eigenvalue weighted by molar-refractivity contribution is -0.144. The normalized spacial score (nSPS) is 19.8. The van der Waals surface area contributed by atoms with Gasteiger partial charge in [-0.3, -0.25) is 9.59 Å². The maximum Gasteiger partial charge on any atom is 0.316 e. The van der Waals surface area contributed by atoms with Gasteiger partial charge in [0.15, 0.2) is 0 Å². The van der Waals surface area contributed by atoms with Crippen LogP contribution in [0.15, 0.2) is 18.2 Å². The number of carbonyl (C=O) groups excluding carboxylic acids is 1. The van der Waals surface area contributed by atoms with E-state index < -0.39 is 35.1 Å². The summed E-state index contributed by atoms with van der Waals surface area (Å²) in [5.41, 5.74) is -0.471. The molecule has 1 aromatic rings. The molecule has 1 aromatic carbocycles. The number of para-hydroxylation sites is 1. The van der Waals surface area contributed by atoms with Crippen LogP contribution in [0.5, 0.6) is 0 Å². The topological polar surface area (TPSA) is 57.6 Å². The SMILES string of the molecule is O=C(O)C1CCN(c2c(F)cccc2F)C1=O. The lowest BCUT2D eigenvalue weighted by atomic mass is 10.1. The fourth-order valence-corrected chi connectivity index (χ4v) is 1.88. The minimum atomic E-state index is -1.27. The second kappa shape index (κ2) is 4.12. The smallest absolute Gasteiger partial charge is 0.316 e. The average Bonchev–Trinajstić information content (AvgIpc) is 2.61. The molecule has 2 rings (SSSR count). The van der Waals surface area contributed by atoms with Gasteiger partial charge in [0.2, 0.25) is 5.91 Å². The molecule has 0 aromatic heterocycles. The molecule has 17 heavy (non-hydrogen) atoms. The Morgan fingerprint density at radius 3 is 2.41 bits per heavy atom. The first-order valence-electron chi connectivity index (χ1n) is 5.00. The fourth-order valence-electron chi connectivity index (χ4n) is 1.88. The van der Waals surface area contributed by atoms with Crippen LogP contribution in [0.25, 0.3) is 0 Å². The Morgan fingerprint density at radius 1 is 1.35 bits per heavy atom. The molecule has 1 aliphatic heterocycles. The number of nitrogens with zero attached hydrogens (tertiary/aromatic N) is 1. The number of carboxylic acids is 1. The Morgan fingerprint density at radius 2 is 1.94 bits per heavy atom. The third kappa shape index (κ3) is 1.86. The highest BCUT2D eigenvalue weighted by Gasteiger charge is 2.39. The number of anilines is 1. The quantitative estimate of drug-likeness (QED) is 0.796. The van der Waals surface area contributed by atoms with Crippen LogP contribution >= 0.6 is 0 Å². The summed E-state index contributed by atoms with van der Waals surface area (Å²) in [5.74, 6) is -5.00. The van der Waals surface area contributed by atoms with Crippen LogP contribution in [-0.2, 0) is 9.59 Å². The molecule has 1 unspecified atom stereocenters. The number of rotatable bonds is 2. The van der Waals surface area contributed by atoms with E-state index in [4.69, 9.17) is 5.11 Å². The molecule has 0 aliphatic carbocycles. The van der Waals surface area contributed by atoms with E-state index in [1.807, 2.05) is 0 Å². The minimum Gasteiger partial charge on any atom is -0.481 e. The van der Waals surface area contributed by atoms with Crippen molar-refractivity contribution in [3.8, 4) is 0 Å². The number of aliphatic carboxylic acids is 1. The molecular weight excluding hydrogens is 232 g/mol. The number of amides is 1. The first-order chi connectivity index (χ1) is 8.02. The van der Waals surface area contributed by atoms with Crippen LogP contribution in [0.3, 0.4) is 0 Å². The van der Waals surface area contributed by atoms with E-state index in [0.29, 0.717) is 0 Å². The molecular formula is C11H9F2NO3. The molecule has 90 valence electrons. The number of benzene rings is 1. The van der Waals surface area contributed by atoms with Crippen molar-refractivity contribution in [2.45, 2.75) is 6.42 Å². The molecule has 6 heteroatoms. The monoisotopic (exact) mass is 241 g/mol. The van der Waals surface area contributed by atoms with Gasteiger partial charge < -0.3 is 10.0 Å². The van der Waals surface area contributed by atoms with E-state index in [-0.39, 0.29) is 13.0 Å². The van der Waals surface area contributed by atoms with Gasteiger partial charge in [-0.2, -0.15) is 0 Å². The van der Waals surface area contributed by atoms with Crippen molar-refractivity contribution in [1.82, 2.24) is 0 Å². The van der Waals surface area contributed by atoms with E-state index in [1.54, 1.807) is 0 Å². The van der Waals surface area contributed by atoms with Gasteiger partial charge in [-0.05, 0) is 18.6 Å². The molecule has 1 fully saturated rings. The molecule has 1 atom stereocenters. The summed E-state index contributed by atoms with van der Waals surface area (Å²) < 4.78 is 26.8. The number of hydrogen-bond donors (Lipinski definition) is 1. The molecule has 1 N–H and O–H groups in total. The number of carboxylic acid groups (broad SMARTS) is 1. The Bertz CT molecular complexity index is 469. The average molecular weight is 241 g/mol. The predicted octanol–water partition coefficient (Wildman–Crippen LogP) is 1.40. The third-order valence-electron chi connectivity index (χ3n) is 2.71. The second-order valence-electron chi connectivity index (χ2n) is 3.74. The Hall–Kier alpha value is -1.98. The summed E-state index contributed by atoms with van der Waals surface area (Å²) in [6, 6.07) is 3.24. The van der Waals surface area contributed by atoms with Gasteiger partial charge in [-0.25, -0.2) is 8.78 Å². The van der Waals surface area contributed by atoms with E-state index in [2.05, 4.69) is 0 Å². The van der Waals surface area contributed by atoms with Crippen LogP contribution in [0.4, 0.5) is 14.5 Å². The zero-order valence-corrected chi connectivity index (χ0v) is 8.69. The van der Waals surface area contributed by atoms with Crippen molar-refractivity contribution in [3.05, 3.63) is 29.8 Å². The summed E-state index contributed by atoms with van der Waals surface area (Å²) in [6.07, 6.45) is 0.0575. The van der Waals surface area contributed by atoms with E-state index >= 15 is 0 Å². The highest BCUT2D eigenvalue weighted by molar-refractivity contribution is 6.07. The lowest BCUT2D eigenvalue weighted by Crippen LogP contribution is -2.31. The molecule has 4 nitrogen and oxygen atoms in total. The molecule has 1 aliphatic rings. The van der Waals surface area contributed by atoms with Gasteiger partial charge in [-0.1, -0.05) is 6.07 Å². The van der Waals surface area contributed by atoms with Crippen LogP contribution in [0, 0.1) is 17.6 Å². The molecule has 1 saturated heterocycles. The number of carbonyl (C=O) groups is 2. The van der Waals surface area contributed by atoms with Gasteiger partial charge in [0.25, 0.3) is 0 Å². The van der Waals surface area contributed by atoms with Crippen molar-refractivity contribution in [3.63, 3.8) is 0 Å². The van der Waals surface area contributed by atoms with E-state index in [1.165, 1.54) is 6.07 Å². The summed E-state index contributed by atoms with van der Waals surface area (Å²) in [6.45, 7) is 0.00759. The van der Waals surface area contributed by atoms with Crippen molar-refractivity contribution in [2.75, 3.05) is 11.4 Å². The highest BCUT2D eigenvalue weighted by Crippen LogP contribution is 2.29. The zero-order chi connectivity index (χ0) is 12.6. The largest absolute Gasteiger partial charge is 0.481 e. The number of hydrogen-bond acceptors (Lipinski definition) is 2. The molecule has 0 saturated carbocycles. The zero-order valence-electron chi connectivity index (χ0n) is 8.69. The summed E-state index contributed by atoms with van der Waals surface area (Å²) >= 11 is 0. The van der Waals surface area contributed by atoms with Gasteiger partial charge in [0.1, 0.15) is 23.2 Å². The van der Waals surface area contributed by atoms with E-state index in [9.17, 15) is 18.4 Å². The molecule has 0 spiro atoms. The standard InChI is InChI=1S/C11H9F2NO3/c12-7-2-1-3-8(13)9(7)14-5-4-6(10(14)15)11(16)17/h1-3,6H,4-5H2,(H,16,17). The van der Waals surface area contributed by atoms with Crippen LogP contribution < -0.4 is 4.90 Å². The van der Waals surface area contributed by atoms with Crippen molar-refractivity contribution in [1.29, 1.82) is 0 Å². The highest BCUT2D eigenvalue weighted by atomic mass is 19.1. The molecule has 0 radical (unpaired) electrons. The van der Waals surface area contributed by atoms with Crippen LogP contribution in [-0.4, -0.2) is 23.5 Å². The van der Waals surface area contributed by atoms with Gasteiger partial charge in [0.05, 0.1) is 0 Å².